The third kappa shape index (κ3) is 3.09. The Balaban J connectivity index is 1.96. The Labute approximate surface area is 154 Å². The van der Waals surface area contributed by atoms with E-state index in [1.165, 1.54) is 6.92 Å². The number of para-hydroxylation sites is 1. The lowest BCUT2D eigenvalue weighted by Gasteiger charge is -2.22. The van der Waals surface area contributed by atoms with Gasteiger partial charge in [0.25, 0.3) is 0 Å². The van der Waals surface area contributed by atoms with Crippen LogP contribution in [0.15, 0.2) is 59.0 Å². The molecule has 0 saturated carbocycles. The Bertz CT molecular complexity index is 1120. The summed E-state index contributed by atoms with van der Waals surface area (Å²) < 4.78 is 5.85. The number of hydrogen-bond acceptors (Lipinski definition) is 7. The lowest BCUT2D eigenvalue weighted by molar-refractivity contribution is -0.308. The minimum atomic E-state index is -1.44. The molecule has 0 saturated heterocycles. The summed E-state index contributed by atoms with van der Waals surface area (Å²) in [5.41, 5.74) is 2.26. The second-order valence-electron chi connectivity index (χ2n) is 6.22. The number of fused-ring (bicyclic) bond motifs is 3. The van der Waals surface area contributed by atoms with Crippen LogP contribution in [-0.4, -0.2) is 33.2 Å². The van der Waals surface area contributed by atoms with E-state index in [-0.39, 0.29) is 5.82 Å². The first-order valence-electron chi connectivity index (χ1n) is 8.45. The Morgan fingerprint density at radius 3 is 2.52 bits per heavy atom. The van der Waals surface area contributed by atoms with Crippen LogP contribution in [0.1, 0.15) is 6.92 Å². The van der Waals surface area contributed by atoms with Gasteiger partial charge in [0.05, 0.1) is 18.1 Å². The second-order valence-corrected chi connectivity index (χ2v) is 6.22. The maximum Gasteiger partial charge on any atom is 0.196 e. The van der Waals surface area contributed by atoms with Gasteiger partial charge in [0.2, 0.25) is 0 Å². The van der Waals surface area contributed by atoms with Gasteiger partial charge in [-0.1, -0.05) is 42.5 Å². The van der Waals surface area contributed by atoms with Crippen molar-refractivity contribution in [3.05, 3.63) is 54.6 Å². The number of carboxylic acids is 1. The molecule has 0 unspecified atom stereocenters. The van der Waals surface area contributed by atoms with Gasteiger partial charge in [-0.2, -0.15) is 0 Å². The SMILES string of the molecule is C[C@@H](O)[C@H](Nc1nc(-c2ccccc2)nc2c1oc1ccccc12)C(=O)[O-]. The third-order valence-corrected chi connectivity index (χ3v) is 4.28. The van der Waals surface area contributed by atoms with Gasteiger partial charge in [-0.15, -0.1) is 0 Å². The largest absolute Gasteiger partial charge is 0.548 e. The number of nitrogens with one attached hydrogen (secondary N) is 1. The minimum Gasteiger partial charge on any atom is -0.548 e. The highest BCUT2D eigenvalue weighted by molar-refractivity contribution is 6.06. The van der Waals surface area contributed by atoms with Crippen LogP contribution in [0.4, 0.5) is 5.82 Å². The summed E-state index contributed by atoms with van der Waals surface area (Å²) in [4.78, 5) is 20.5. The molecule has 7 heteroatoms. The number of carbonyl (C=O) groups is 1. The molecule has 2 aromatic carbocycles. The van der Waals surface area contributed by atoms with Crippen molar-refractivity contribution in [2.24, 2.45) is 0 Å². The Hall–Kier alpha value is -3.45. The van der Waals surface area contributed by atoms with Gasteiger partial charge in [-0.3, -0.25) is 0 Å². The van der Waals surface area contributed by atoms with Gasteiger partial charge >= 0.3 is 0 Å². The number of aromatic nitrogens is 2. The molecule has 0 aliphatic heterocycles. The molecule has 0 aliphatic rings. The van der Waals surface area contributed by atoms with E-state index in [4.69, 9.17) is 4.42 Å². The first-order valence-corrected chi connectivity index (χ1v) is 8.45. The van der Waals surface area contributed by atoms with Crippen molar-refractivity contribution in [1.29, 1.82) is 0 Å². The van der Waals surface area contributed by atoms with Gasteiger partial charge < -0.3 is 24.7 Å². The zero-order chi connectivity index (χ0) is 19.0. The van der Waals surface area contributed by atoms with Crippen LogP contribution in [0.3, 0.4) is 0 Å². The zero-order valence-corrected chi connectivity index (χ0v) is 14.4. The predicted molar refractivity (Wildman–Crippen MR) is 98.8 cm³/mol. The second kappa shape index (κ2) is 6.69. The number of furan rings is 1. The molecule has 0 spiro atoms. The predicted octanol–water partition coefficient (Wildman–Crippen LogP) is 1.95. The van der Waals surface area contributed by atoms with Crippen molar-refractivity contribution in [1.82, 2.24) is 9.97 Å². The quantitative estimate of drug-likeness (QED) is 0.558. The Morgan fingerprint density at radius 2 is 1.81 bits per heavy atom. The molecule has 136 valence electrons. The molecule has 2 N–H and O–H groups in total. The molecule has 0 amide bonds. The molecule has 2 atom stereocenters. The Kier molecular flexibility index (Phi) is 4.21. The first-order chi connectivity index (χ1) is 13.0. The summed E-state index contributed by atoms with van der Waals surface area (Å²) in [6.07, 6.45) is -1.19. The van der Waals surface area contributed by atoms with Gasteiger partial charge in [0, 0.05) is 10.9 Å². The van der Waals surface area contributed by atoms with Crippen LogP contribution in [0.5, 0.6) is 0 Å². The molecule has 0 aliphatic carbocycles. The number of aliphatic hydroxyl groups excluding tert-OH is 1. The van der Waals surface area contributed by atoms with E-state index in [1.54, 1.807) is 6.07 Å². The van der Waals surface area contributed by atoms with E-state index in [1.807, 2.05) is 48.5 Å². The zero-order valence-electron chi connectivity index (χ0n) is 14.4. The molecule has 0 radical (unpaired) electrons. The molecular weight excluding hydrogens is 346 g/mol. The fourth-order valence-electron chi connectivity index (χ4n) is 2.93. The summed E-state index contributed by atoms with van der Waals surface area (Å²) in [5.74, 6) is -0.834. The van der Waals surface area contributed by atoms with Crippen molar-refractivity contribution in [2.75, 3.05) is 5.32 Å². The third-order valence-electron chi connectivity index (χ3n) is 4.28. The lowest BCUT2D eigenvalue weighted by Crippen LogP contribution is -2.47. The molecule has 7 nitrogen and oxygen atoms in total. The van der Waals surface area contributed by atoms with Crippen LogP contribution >= 0.6 is 0 Å². The molecule has 4 rings (SSSR count). The normalized spacial score (nSPS) is 13.6. The standard InChI is InChI=1S/C20H17N3O4/c1-11(24)15(20(25)26)21-19-17-16(13-9-5-6-10-14(13)27-17)22-18(23-19)12-7-3-2-4-8-12/h2-11,15,24H,1H3,(H,25,26)(H,21,22,23)/p-1/t11-,15+/m1/s1. The fraction of sp³-hybridized carbons (Fsp3) is 0.150. The monoisotopic (exact) mass is 362 g/mol. The van der Waals surface area contributed by atoms with Gasteiger partial charge in [0.15, 0.2) is 17.2 Å². The van der Waals surface area contributed by atoms with E-state index >= 15 is 0 Å². The van der Waals surface area contributed by atoms with Crippen molar-refractivity contribution in [2.45, 2.75) is 19.1 Å². The summed E-state index contributed by atoms with van der Waals surface area (Å²) in [5, 5.41) is 24.7. The molecule has 0 bridgehead atoms. The molecule has 2 aromatic heterocycles. The van der Waals surface area contributed by atoms with Crippen molar-refractivity contribution >= 4 is 33.9 Å². The highest BCUT2D eigenvalue weighted by atomic mass is 16.4. The number of hydrogen-bond donors (Lipinski definition) is 2. The van der Waals surface area contributed by atoms with Crippen LogP contribution in [0.2, 0.25) is 0 Å². The maximum atomic E-state index is 11.4. The number of carboxylic acid groups (broad SMARTS) is 1. The van der Waals surface area contributed by atoms with Crippen LogP contribution < -0.4 is 10.4 Å². The number of carbonyl (C=O) groups excluding carboxylic acids is 1. The number of aliphatic hydroxyl groups is 1. The van der Waals surface area contributed by atoms with Crippen LogP contribution in [0.25, 0.3) is 33.5 Å². The number of nitrogens with zero attached hydrogens (tertiary/aromatic N) is 2. The minimum absolute atomic E-state index is 0.185. The van der Waals surface area contributed by atoms with E-state index < -0.39 is 18.1 Å². The van der Waals surface area contributed by atoms with Crippen molar-refractivity contribution in [3.8, 4) is 11.4 Å². The van der Waals surface area contributed by atoms with E-state index in [0.717, 1.165) is 10.9 Å². The van der Waals surface area contributed by atoms with Crippen molar-refractivity contribution in [3.63, 3.8) is 0 Å². The maximum absolute atomic E-state index is 11.4. The van der Waals surface area contributed by atoms with Gasteiger partial charge in [-0.05, 0) is 19.1 Å². The topological polar surface area (TPSA) is 111 Å². The summed E-state index contributed by atoms with van der Waals surface area (Å²) in [7, 11) is 0. The molecule has 0 fully saturated rings. The van der Waals surface area contributed by atoms with E-state index in [0.29, 0.717) is 22.5 Å². The summed E-state index contributed by atoms with van der Waals surface area (Å²) in [6, 6.07) is 15.4. The molecule has 4 aromatic rings. The van der Waals surface area contributed by atoms with Crippen molar-refractivity contribution < 1.29 is 19.4 Å². The highest BCUT2D eigenvalue weighted by Crippen LogP contribution is 2.33. The summed E-state index contributed by atoms with van der Waals surface area (Å²) >= 11 is 0. The average Bonchev–Trinajstić information content (AvgIpc) is 3.05. The number of benzene rings is 2. The average molecular weight is 362 g/mol. The number of rotatable bonds is 5. The highest BCUT2D eigenvalue weighted by Gasteiger charge is 2.22. The number of aliphatic carboxylic acids is 1. The number of anilines is 1. The van der Waals surface area contributed by atoms with E-state index in [9.17, 15) is 15.0 Å². The first kappa shape index (κ1) is 17.0. The van der Waals surface area contributed by atoms with E-state index in [2.05, 4.69) is 15.3 Å². The lowest BCUT2D eigenvalue weighted by atomic mass is 10.1. The Morgan fingerprint density at radius 1 is 1.11 bits per heavy atom. The molecule has 2 heterocycles. The fourth-order valence-corrected chi connectivity index (χ4v) is 2.93. The van der Waals surface area contributed by atoms with Crippen LogP contribution in [0, 0.1) is 0 Å². The summed E-state index contributed by atoms with van der Waals surface area (Å²) in [6.45, 7) is 1.36. The van der Waals surface area contributed by atoms with Crippen LogP contribution in [-0.2, 0) is 4.79 Å². The smallest absolute Gasteiger partial charge is 0.196 e. The molecule has 27 heavy (non-hydrogen) atoms. The molecular formula is C20H16N3O4-. The van der Waals surface area contributed by atoms with Gasteiger partial charge in [-0.25, -0.2) is 9.97 Å². The van der Waals surface area contributed by atoms with Gasteiger partial charge in [0.1, 0.15) is 11.1 Å².